The molecular formula is C23H23N3O3. The smallest absolute Gasteiger partial charge is 0.251 e. The Morgan fingerprint density at radius 3 is 2.93 bits per heavy atom. The highest BCUT2D eigenvalue weighted by Gasteiger charge is 2.64. The zero-order valence-corrected chi connectivity index (χ0v) is 16.2. The van der Waals surface area contributed by atoms with Crippen molar-refractivity contribution in [3.8, 4) is 11.5 Å². The number of aromatic nitrogens is 1. The van der Waals surface area contributed by atoms with Crippen LogP contribution < -0.4 is 10.1 Å². The molecule has 6 rings (SSSR count). The molecule has 3 heterocycles. The summed E-state index contributed by atoms with van der Waals surface area (Å²) in [6.45, 7) is 0.981. The van der Waals surface area contributed by atoms with Gasteiger partial charge >= 0.3 is 0 Å². The van der Waals surface area contributed by atoms with E-state index in [1.807, 2.05) is 6.07 Å². The first-order valence-electron chi connectivity index (χ1n) is 10.2. The zero-order chi connectivity index (χ0) is 19.8. The molecule has 0 saturated carbocycles. The predicted molar refractivity (Wildman–Crippen MR) is 107 cm³/mol. The Hall–Kier alpha value is -2.86. The fourth-order valence-corrected chi connectivity index (χ4v) is 6.13. The highest BCUT2D eigenvalue weighted by molar-refractivity contribution is 5.94. The van der Waals surface area contributed by atoms with Crippen molar-refractivity contribution < 1.29 is 14.6 Å². The largest absolute Gasteiger partial charge is 0.504 e. The highest BCUT2D eigenvalue weighted by atomic mass is 16.5. The fourth-order valence-electron chi connectivity index (χ4n) is 6.13. The number of ether oxygens (including phenoxy) is 1. The summed E-state index contributed by atoms with van der Waals surface area (Å²) in [6.07, 6.45) is 9.30. The summed E-state index contributed by atoms with van der Waals surface area (Å²) in [7, 11) is 2.19. The van der Waals surface area contributed by atoms with Crippen LogP contribution in [-0.4, -0.2) is 52.7 Å². The molecule has 0 radical (unpaired) electrons. The second kappa shape index (κ2) is 5.83. The van der Waals surface area contributed by atoms with Gasteiger partial charge in [0, 0.05) is 40.9 Å². The molecule has 2 aliphatic carbocycles. The van der Waals surface area contributed by atoms with Crippen molar-refractivity contribution in [3.05, 3.63) is 65.5 Å². The van der Waals surface area contributed by atoms with Crippen molar-refractivity contribution in [2.24, 2.45) is 5.92 Å². The molecule has 1 saturated heterocycles. The Morgan fingerprint density at radius 1 is 1.28 bits per heavy atom. The molecular weight excluding hydrogens is 366 g/mol. The predicted octanol–water partition coefficient (Wildman–Crippen LogP) is 2.03. The lowest BCUT2D eigenvalue weighted by molar-refractivity contribution is -0.00855. The monoisotopic (exact) mass is 389 g/mol. The molecule has 4 aliphatic rings. The van der Waals surface area contributed by atoms with Crippen LogP contribution in [0.2, 0.25) is 0 Å². The summed E-state index contributed by atoms with van der Waals surface area (Å²) in [6, 6.07) is 7.37. The molecule has 0 unspecified atom stereocenters. The van der Waals surface area contributed by atoms with Crippen molar-refractivity contribution in [1.29, 1.82) is 0 Å². The molecule has 1 aromatic heterocycles. The minimum atomic E-state index is -0.256. The Morgan fingerprint density at radius 2 is 2.10 bits per heavy atom. The summed E-state index contributed by atoms with van der Waals surface area (Å²) < 4.78 is 6.45. The van der Waals surface area contributed by atoms with Gasteiger partial charge in [0.2, 0.25) is 0 Å². The SMILES string of the molecule is CN1CC[C@]23c4c5ccc(O)c4O[C@H]2[C@@H](NC(=O)c2ccncc2)C=C[C@H]3[C@H]1C5. The van der Waals surface area contributed by atoms with Crippen molar-refractivity contribution in [2.75, 3.05) is 13.6 Å². The third-order valence-electron chi connectivity index (χ3n) is 7.42. The number of carbonyl (C=O) groups is 1. The van der Waals surface area contributed by atoms with Gasteiger partial charge < -0.3 is 20.1 Å². The number of likely N-dealkylation sites (N-methyl/N-ethyl adjacent to an activating group) is 1. The lowest BCUT2D eigenvalue weighted by Gasteiger charge is -2.57. The van der Waals surface area contributed by atoms with E-state index in [1.165, 1.54) is 11.1 Å². The van der Waals surface area contributed by atoms with Crippen LogP contribution in [-0.2, 0) is 11.8 Å². The summed E-state index contributed by atoms with van der Waals surface area (Å²) in [5.74, 6) is 0.993. The molecule has 148 valence electrons. The van der Waals surface area contributed by atoms with Gasteiger partial charge in [0.25, 0.3) is 5.91 Å². The summed E-state index contributed by atoms with van der Waals surface area (Å²) in [5.41, 5.74) is 2.81. The van der Waals surface area contributed by atoms with E-state index < -0.39 is 0 Å². The molecule has 1 fully saturated rings. The van der Waals surface area contributed by atoms with E-state index in [1.54, 1.807) is 30.6 Å². The normalized spacial score (nSPS) is 33.7. The van der Waals surface area contributed by atoms with Gasteiger partial charge in [0.1, 0.15) is 6.10 Å². The first-order chi connectivity index (χ1) is 14.1. The van der Waals surface area contributed by atoms with Crippen LogP contribution in [0.25, 0.3) is 0 Å². The van der Waals surface area contributed by atoms with Gasteiger partial charge in [0.15, 0.2) is 11.5 Å². The number of phenolic OH excluding ortho intramolecular Hbond substituents is 1. The van der Waals surface area contributed by atoms with Gasteiger partial charge in [-0.3, -0.25) is 9.78 Å². The molecule has 1 spiro atoms. The first-order valence-corrected chi connectivity index (χ1v) is 10.2. The molecule has 2 aromatic rings. The van der Waals surface area contributed by atoms with E-state index in [9.17, 15) is 9.90 Å². The van der Waals surface area contributed by atoms with Crippen LogP contribution in [0.5, 0.6) is 11.5 Å². The lowest BCUT2D eigenvalue weighted by atomic mass is 9.53. The minimum Gasteiger partial charge on any atom is -0.504 e. The average molecular weight is 389 g/mol. The maximum absolute atomic E-state index is 12.8. The number of hydrogen-bond acceptors (Lipinski definition) is 5. The number of likely N-dealkylation sites (tertiary alicyclic amines) is 1. The third-order valence-corrected chi connectivity index (χ3v) is 7.42. The molecule has 2 aliphatic heterocycles. The van der Waals surface area contributed by atoms with E-state index in [4.69, 9.17) is 4.74 Å². The maximum Gasteiger partial charge on any atom is 0.251 e. The Balaban J connectivity index is 1.45. The van der Waals surface area contributed by atoms with Crippen molar-refractivity contribution in [1.82, 2.24) is 15.2 Å². The Kier molecular flexibility index (Phi) is 3.42. The number of benzene rings is 1. The quantitative estimate of drug-likeness (QED) is 0.769. The van der Waals surface area contributed by atoms with Crippen LogP contribution in [0.3, 0.4) is 0 Å². The highest BCUT2D eigenvalue weighted by Crippen LogP contribution is 2.62. The van der Waals surface area contributed by atoms with Gasteiger partial charge in [-0.25, -0.2) is 0 Å². The zero-order valence-electron chi connectivity index (χ0n) is 16.2. The summed E-state index contributed by atoms with van der Waals surface area (Å²) in [5, 5.41) is 13.7. The first kappa shape index (κ1) is 17.0. The lowest BCUT2D eigenvalue weighted by Crippen LogP contribution is -2.66. The Bertz CT molecular complexity index is 1040. The fraction of sp³-hybridized carbons (Fsp3) is 0.391. The van der Waals surface area contributed by atoms with Gasteiger partial charge in [-0.2, -0.15) is 0 Å². The molecule has 2 N–H and O–H groups in total. The number of phenols is 1. The Labute approximate surface area is 169 Å². The maximum atomic E-state index is 12.8. The molecule has 6 heteroatoms. The van der Waals surface area contributed by atoms with E-state index in [0.717, 1.165) is 19.4 Å². The molecule has 1 amide bonds. The van der Waals surface area contributed by atoms with Crippen LogP contribution >= 0.6 is 0 Å². The summed E-state index contributed by atoms with van der Waals surface area (Å²) >= 11 is 0. The number of piperidine rings is 1. The topological polar surface area (TPSA) is 74.7 Å². The van der Waals surface area contributed by atoms with Crippen molar-refractivity contribution >= 4 is 5.91 Å². The van der Waals surface area contributed by atoms with Gasteiger partial charge in [-0.1, -0.05) is 18.2 Å². The number of hydrogen-bond donors (Lipinski definition) is 2. The number of pyridine rings is 1. The van der Waals surface area contributed by atoms with Gasteiger partial charge in [0.05, 0.1) is 6.04 Å². The van der Waals surface area contributed by atoms with Crippen LogP contribution in [0.15, 0.2) is 48.8 Å². The van der Waals surface area contributed by atoms with E-state index in [2.05, 4.69) is 34.4 Å². The number of amides is 1. The van der Waals surface area contributed by atoms with E-state index in [-0.39, 0.29) is 29.2 Å². The standard InChI is InChI=1S/C23H23N3O3/c1-26-11-8-23-15-3-4-16(25-22(28)13-6-9-24-10-7-13)21(23)29-20-18(27)5-2-14(19(20)23)12-17(15)26/h2-7,9-10,15-17,21,27H,8,11-12H2,1H3,(H,25,28)/t15-,16-,17+,21-,23-/m0/s1. The van der Waals surface area contributed by atoms with E-state index >= 15 is 0 Å². The number of nitrogens with one attached hydrogen (secondary N) is 1. The summed E-state index contributed by atoms with van der Waals surface area (Å²) in [4.78, 5) is 19.3. The van der Waals surface area contributed by atoms with Crippen LogP contribution in [0.1, 0.15) is 27.9 Å². The van der Waals surface area contributed by atoms with E-state index in [0.29, 0.717) is 23.3 Å². The van der Waals surface area contributed by atoms with Crippen molar-refractivity contribution in [3.63, 3.8) is 0 Å². The minimum absolute atomic E-state index is 0.138. The second-order valence-corrected chi connectivity index (χ2v) is 8.67. The van der Waals surface area contributed by atoms with Gasteiger partial charge in [-0.05, 0) is 50.2 Å². The molecule has 5 atom stereocenters. The number of nitrogens with zero attached hydrogens (tertiary/aromatic N) is 2. The number of carbonyl (C=O) groups excluding carboxylic acids is 1. The number of rotatable bonds is 2. The van der Waals surface area contributed by atoms with Crippen LogP contribution in [0.4, 0.5) is 0 Å². The third kappa shape index (κ3) is 2.15. The molecule has 1 aromatic carbocycles. The van der Waals surface area contributed by atoms with Crippen LogP contribution in [0, 0.1) is 5.92 Å². The number of aromatic hydroxyl groups is 1. The average Bonchev–Trinajstić information content (AvgIpc) is 3.10. The molecule has 2 bridgehead atoms. The molecule has 29 heavy (non-hydrogen) atoms. The second-order valence-electron chi connectivity index (χ2n) is 8.67. The van der Waals surface area contributed by atoms with Crippen molar-refractivity contribution in [2.45, 2.75) is 36.4 Å². The van der Waals surface area contributed by atoms with Gasteiger partial charge in [-0.15, -0.1) is 0 Å². The molecule has 6 nitrogen and oxygen atoms in total.